The van der Waals surface area contributed by atoms with Gasteiger partial charge in [-0.25, -0.2) is 0 Å². The quantitative estimate of drug-likeness (QED) is 0.528. The number of aromatic nitrogens is 2. The number of carboxylic acids is 1. The van der Waals surface area contributed by atoms with Crippen LogP contribution in [0.25, 0.3) is 0 Å². The average Bonchev–Trinajstić information content (AvgIpc) is 2.46. The van der Waals surface area contributed by atoms with Gasteiger partial charge < -0.3 is 20.4 Å². The molecule has 0 aliphatic carbocycles. The van der Waals surface area contributed by atoms with Crippen molar-refractivity contribution in [1.82, 2.24) is 15.3 Å². The predicted octanol–water partition coefficient (Wildman–Crippen LogP) is 0.287. The Morgan fingerprint density at radius 3 is 2.92 bits per heavy atom. The van der Waals surface area contributed by atoms with Gasteiger partial charge in [0.05, 0.1) is 0 Å². The molecular weight excluding hydrogens is 190 g/mol. The molecule has 1 unspecified atom stereocenters. The lowest BCUT2D eigenvalue weighted by Gasteiger charge is -2.08. The Labute approximate surface area is 80.2 Å². The monoisotopic (exact) mass is 201 g/mol. The van der Waals surface area contributed by atoms with Crippen LogP contribution in [0.5, 0.6) is 0 Å². The molecule has 72 valence electrons. The SMILES string of the molecule is CNC(Cc1c[nH]c(=S)[nH]1)C(=O)O. The smallest absolute Gasteiger partial charge is 0.321 e. The van der Waals surface area contributed by atoms with Gasteiger partial charge in [-0.2, -0.15) is 0 Å². The van der Waals surface area contributed by atoms with Crippen molar-refractivity contribution >= 4 is 18.2 Å². The first-order valence-electron chi connectivity index (χ1n) is 3.80. The summed E-state index contributed by atoms with van der Waals surface area (Å²) in [5.74, 6) is -0.872. The van der Waals surface area contributed by atoms with Crippen molar-refractivity contribution in [3.05, 3.63) is 16.7 Å². The van der Waals surface area contributed by atoms with Crippen LogP contribution in [0.3, 0.4) is 0 Å². The van der Waals surface area contributed by atoms with Gasteiger partial charge in [0.2, 0.25) is 0 Å². The van der Waals surface area contributed by atoms with E-state index < -0.39 is 12.0 Å². The van der Waals surface area contributed by atoms with E-state index in [1.807, 2.05) is 0 Å². The maximum Gasteiger partial charge on any atom is 0.321 e. The number of aromatic amines is 2. The van der Waals surface area contributed by atoms with Gasteiger partial charge >= 0.3 is 5.97 Å². The second-order valence-corrected chi connectivity index (χ2v) is 3.06. The van der Waals surface area contributed by atoms with Crippen molar-refractivity contribution in [2.24, 2.45) is 0 Å². The maximum absolute atomic E-state index is 10.6. The Morgan fingerprint density at radius 2 is 2.54 bits per heavy atom. The molecule has 0 aliphatic heterocycles. The number of aliphatic carboxylic acids is 1. The van der Waals surface area contributed by atoms with Gasteiger partial charge in [0, 0.05) is 18.3 Å². The molecule has 1 aromatic heterocycles. The first-order valence-corrected chi connectivity index (χ1v) is 4.21. The lowest BCUT2D eigenvalue weighted by atomic mass is 10.2. The average molecular weight is 201 g/mol. The van der Waals surface area contributed by atoms with Gasteiger partial charge in [0.1, 0.15) is 6.04 Å². The Kier molecular flexibility index (Phi) is 3.21. The number of rotatable bonds is 4. The number of likely N-dealkylation sites (N-methyl/N-ethyl adjacent to an activating group) is 1. The predicted molar refractivity (Wildman–Crippen MR) is 50.2 cm³/mol. The molecule has 0 saturated heterocycles. The van der Waals surface area contributed by atoms with Crippen LogP contribution < -0.4 is 5.32 Å². The third kappa shape index (κ3) is 2.67. The largest absolute Gasteiger partial charge is 0.480 e. The third-order valence-electron chi connectivity index (χ3n) is 1.72. The summed E-state index contributed by atoms with van der Waals surface area (Å²) in [7, 11) is 1.61. The van der Waals surface area contributed by atoms with Crippen molar-refractivity contribution < 1.29 is 9.90 Å². The molecule has 4 N–H and O–H groups in total. The number of nitrogens with one attached hydrogen (secondary N) is 3. The summed E-state index contributed by atoms with van der Waals surface area (Å²) in [6.07, 6.45) is 2.06. The zero-order chi connectivity index (χ0) is 9.84. The minimum Gasteiger partial charge on any atom is -0.480 e. The van der Waals surface area contributed by atoms with Crippen molar-refractivity contribution in [3.8, 4) is 0 Å². The minimum absolute atomic E-state index is 0.388. The van der Waals surface area contributed by atoms with Crippen LogP contribution in [0.1, 0.15) is 5.69 Å². The lowest BCUT2D eigenvalue weighted by molar-refractivity contribution is -0.139. The summed E-state index contributed by atoms with van der Waals surface area (Å²) < 4.78 is 0.509. The molecule has 0 aromatic carbocycles. The molecule has 6 heteroatoms. The molecule has 0 bridgehead atoms. The molecule has 13 heavy (non-hydrogen) atoms. The van der Waals surface area contributed by atoms with E-state index in [-0.39, 0.29) is 0 Å². The van der Waals surface area contributed by atoms with Crippen molar-refractivity contribution in [1.29, 1.82) is 0 Å². The van der Waals surface area contributed by atoms with E-state index in [0.29, 0.717) is 11.2 Å². The van der Waals surface area contributed by atoms with Crippen LogP contribution in [0.15, 0.2) is 6.20 Å². The van der Waals surface area contributed by atoms with E-state index in [0.717, 1.165) is 5.69 Å². The van der Waals surface area contributed by atoms with Crippen LogP contribution in [0, 0.1) is 4.77 Å². The minimum atomic E-state index is -0.872. The first-order chi connectivity index (χ1) is 6.13. The van der Waals surface area contributed by atoms with Gasteiger partial charge in [0.25, 0.3) is 0 Å². The van der Waals surface area contributed by atoms with Crippen molar-refractivity contribution in [3.63, 3.8) is 0 Å². The van der Waals surface area contributed by atoms with Gasteiger partial charge in [0.15, 0.2) is 4.77 Å². The highest BCUT2D eigenvalue weighted by Gasteiger charge is 2.15. The molecular formula is C7H11N3O2S. The second-order valence-electron chi connectivity index (χ2n) is 2.65. The topological polar surface area (TPSA) is 80.9 Å². The normalized spacial score (nSPS) is 12.7. The fraction of sp³-hybridized carbons (Fsp3) is 0.429. The van der Waals surface area contributed by atoms with Crippen molar-refractivity contribution in [2.45, 2.75) is 12.5 Å². The molecule has 1 aromatic rings. The third-order valence-corrected chi connectivity index (χ3v) is 1.94. The zero-order valence-corrected chi connectivity index (χ0v) is 7.94. The van der Waals surface area contributed by atoms with Crippen molar-refractivity contribution in [2.75, 3.05) is 7.05 Å². The number of hydrogen-bond donors (Lipinski definition) is 4. The summed E-state index contributed by atoms with van der Waals surface area (Å²) in [6.45, 7) is 0. The molecule has 1 rings (SSSR count). The van der Waals surface area contributed by atoms with E-state index in [4.69, 9.17) is 17.3 Å². The lowest BCUT2D eigenvalue weighted by Crippen LogP contribution is -2.35. The molecule has 0 fully saturated rings. The summed E-state index contributed by atoms with van der Waals surface area (Å²) in [5, 5.41) is 11.4. The van der Waals surface area contributed by atoms with E-state index in [1.54, 1.807) is 13.2 Å². The van der Waals surface area contributed by atoms with Crippen LogP contribution >= 0.6 is 12.2 Å². The zero-order valence-electron chi connectivity index (χ0n) is 7.13. The molecule has 1 heterocycles. The Bertz CT molecular complexity index is 344. The van der Waals surface area contributed by atoms with E-state index in [2.05, 4.69) is 15.3 Å². The van der Waals surface area contributed by atoms with Gasteiger partial charge in [-0.1, -0.05) is 0 Å². The summed E-state index contributed by atoms with van der Waals surface area (Å²) in [4.78, 5) is 16.3. The van der Waals surface area contributed by atoms with Gasteiger partial charge in [-0.3, -0.25) is 4.79 Å². The standard InChI is InChI=1S/C7H11N3O2S/c1-8-5(6(11)12)2-4-3-9-7(13)10-4/h3,5,8H,2H2,1H3,(H,11,12)(H2,9,10,13). The van der Waals surface area contributed by atoms with E-state index in [1.165, 1.54) is 0 Å². The second kappa shape index (κ2) is 4.20. The fourth-order valence-electron chi connectivity index (χ4n) is 1.01. The highest BCUT2D eigenvalue weighted by atomic mass is 32.1. The fourth-order valence-corrected chi connectivity index (χ4v) is 1.20. The van der Waals surface area contributed by atoms with Crippen LogP contribution in [0.4, 0.5) is 0 Å². The number of H-pyrrole nitrogens is 2. The molecule has 0 radical (unpaired) electrons. The summed E-state index contributed by atoms with van der Waals surface area (Å²) in [5.41, 5.74) is 0.784. The van der Waals surface area contributed by atoms with Crippen LogP contribution in [0.2, 0.25) is 0 Å². The number of hydrogen-bond acceptors (Lipinski definition) is 3. The maximum atomic E-state index is 10.6. The molecule has 0 aliphatic rings. The Balaban J connectivity index is 2.67. The van der Waals surface area contributed by atoms with E-state index >= 15 is 0 Å². The molecule has 0 saturated carbocycles. The first kappa shape index (κ1) is 9.94. The van der Waals surface area contributed by atoms with Gasteiger partial charge in [-0.15, -0.1) is 0 Å². The molecule has 0 amide bonds. The van der Waals surface area contributed by atoms with Gasteiger partial charge in [-0.05, 0) is 19.3 Å². The van der Waals surface area contributed by atoms with Crippen LogP contribution in [-0.4, -0.2) is 34.1 Å². The Hall–Kier alpha value is -1.14. The highest BCUT2D eigenvalue weighted by Crippen LogP contribution is 1.98. The summed E-state index contributed by atoms with van der Waals surface area (Å²) >= 11 is 4.81. The molecule has 0 spiro atoms. The number of imidazole rings is 1. The van der Waals surface area contributed by atoms with Crippen LogP contribution in [-0.2, 0) is 11.2 Å². The van der Waals surface area contributed by atoms with E-state index in [9.17, 15) is 4.79 Å². The number of carbonyl (C=O) groups is 1. The summed E-state index contributed by atoms with van der Waals surface area (Å²) in [6, 6.07) is -0.582. The number of carboxylic acid groups (broad SMARTS) is 1. The molecule has 5 nitrogen and oxygen atoms in total. The highest BCUT2D eigenvalue weighted by molar-refractivity contribution is 7.71. The Morgan fingerprint density at radius 1 is 1.85 bits per heavy atom. The molecule has 1 atom stereocenters.